The van der Waals surface area contributed by atoms with Gasteiger partial charge >= 0.3 is 87.2 Å². The van der Waals surface area contributed by atoms with E-state index < -0.39 is 17.4 Å². The van der Waals surface area contributed by atoms with Crippen LogP contribution in [0.4, 0.5) is 0 Å². The van der Waals surface area contributed by atoms with E-state index in [1.54, 1.807) is 0 Å². The SMILES string of the molecule is CC(C)(C)OC(=O)[C@@H]1CC[CH2][Zn][NH]1. The third-order valence-electron chi connectivity index (χ3n) is 2.00. The van der Waals surface area contributed by atoms with Gasteiger partial charge in [-0.3, -0.25) is 0 Å². The Labute approximate surface area is 87.5 Å². The van der Waals surface area contributed by atoms with E-state index in [9.17, 15) is 4.79 Å². The van der Waals surface area contributed by atoms with Crippen molar-refractivity contribution < 1.29 is 26.9 Å². The van der Waals surface area contributed by atoms with E-state index in [4.69, 9.17) is 4.74 Å². The standard InChI is InChI=1S/C9H17NO2.Zn/c1-5-6-7(10)8(11)12-9(2,3)4;/h7,10H,1,5-6H2,2-4H3;/q-1;+1/t7-;/m0./s1. The van der Waals surface area contributed by atoms with Gasteiger partial charge in [-0.15, -0.1) is 0 Å². The number of nitrogens with one attached hydrogen (secondary N) is 1. The second kappa shape index (κ2) is 4.52. The van der Waals surface area contributed by atoms with Crippen LogP contribution in [0.5, 0.6) is 0 Å². The molecule has 0 saturated carbocycles. The van der Waals surface area contributed by atoms with Gasteiger partial charge in [0.25, 0.3) is 0 Å². The van der Waals surface area contributed by atoms with Gasteiger partial charge in [0.1, 0.15) is 0 Å². The Bertz CT molecular complexity index is 183. The van der Waals surface area contributed by atoms with E-state index in [0.29, 0.717) is 0 Å². The molecule has 0 radical (unpaired) electrons. The Hall–Kier alpha value is 0.0534. The first-order valence-electron chi connectivity index (χ1n) is 4.95. The van der Waals surface area contributed by atoms with Crippen LogP contribution in [0.3, 0.4) is 0 Å². The summed E-state index contributed by atoms with van der Waals surface area (Å²) in [7, 11) is 0. The monoisotopic (exact) mass is 235 g/mol. The zero-order chi connectivity index (χ0) is 9.90. The summed E-state index contributed by atoms with van der Waals surface area (Å²) >= 11 is -0.578. The maximum absolute atomic E-state index is 11.6. The first-order chi connectivity index (χ1) is 5.99. The number of esters is 1. The van der Waals surface area contributed by atoms with Gasteiger partial charge in [-0.2, -0.15) is 0 Å². The Morgan fingerprint density at radius 3 is 2.69 bits per heavy atom. The van der Waals surface area contributed by atoms with Crippen molar-refractivity contribution in [3.05, 3.63) is 0 Å². The molecule has 0 aromatic heterocycles. The minimum absolute atomic E-state index is 0.00738. The van der Waals surface area contributed by atoms with Crippen LogP contribution in [0.25, 0.3) is 0 Å². The Morgan fingerprint density at radius 2 is 2.23 bits per heavy atom. The van der Waals surface area contributed by atoms with Crippen molar-refractivity contribution in [2.75, 3.05) is 0 Å². The predicted molar refractivity (Wildman–Crippen MR) is 46.8 cm³/mol. The number of rotatable bonds is 1. The molecule has 0 aliphatic carbocycles. The molecule has 0 aromatic carbocycles. The van der Waals surface area contributed by atoms with Crippen LogP contribution in [0.15, 0.2) is 0 Å². The first-order valence-corrected chi connectivity index (χ1v) is 8.53. The molecular weight excluding hydrogens is 219 g/mol. The molecule has 72 valence electrons. The van der Waals surface area contributed by atoms with Gasteiger partial charge in [-0.1, -0.05) is 0 Å². The van der Waals surface area contributed by atoms with Crippen LogP contribution >= 0.6 is 0 Å². The number of ether oxygens (including phenoxy) is 1. The van der Waals surface area contributed by atoms with Crippen LogP contribution in [0, 0.1) is 0 Å². The van der Waals surface area contributed by atoms with Gasteiger partial charge in [-0.25, -0.2) is 0 Å². The van der Waals surface area contributed by atoms with Crippen molar-refractivity contribution in [2.24, 2.45) is 0 Å². The second-order valence-electron chi connectivity index (χ2n) is 4.54. The Balaban J connectivity index is 2.38. The van der Waals surface area contributed by atoms with E-state index >= 15 is 0 Å². The average Bonchev–Trinajstić information content (AvgIpc) is 2.03. The molecule has 3 nitrogen and oxygen atoms in total. The molecule has 1 rings (SSSR count). The van der Waals surface area contributed by atoms with Crippen molar-refractivity contribution in [3.8, 4) is 0 Å². The van der Waals surface area contributed by atoms with Crippen molar-refractivity contribution in [1.29, 1.82) is 0 Å². The summed E-state index contributed by atoms with van der Waals surface area (Å²) in [6.45, 7) is 5.74. The van der Waals surface area contributed by atoms with Crippen molar-refractivity contribution in [2.45, 2.75) is 50.3 Å². The second-order valence-corrected chi connectivity index (χ2v) is 7.93. The third-order valence-corrected chi connectivity index (χ3v) is 5.43. The average molecular weight is 237 g/mol. The number of carbonyl (C=O) groups excluding carboxylic acids is 1. The molecule has 1 aliphatic heterocycles. The van der Waals surface area contributed by atoms with Crippen molar-refractivity contribution in [3.63, 3.8) is 0 Å². The fourth-order valence-corrected chi connectivity index (χ4v) is 4.49. The molecule has 0 bridgehead atoms. The zero-order valence-corrected chi connectivity index (χ0v) is 11.7. The Kier molecular flexibility index (Phi) is 3.87. The summed E-state index contributed by atoms with van der Waals surface area (Å²) in [6.07, 6.45) is 2.16. The Morgan fingerprint density at radius 1 is 1.54 bits per heavy atom. The van der Waals surface area contributed by atoms with Crippen LogP contribution in [-0.4, -0.2) is 17.6 Å². The van der Waals surface area contributed by atoms with Gasteiger partial charge in [0.2, 0.25) is 0 Å². The predicted octanol–water partition coefficient (Wildman–Crippen LogP) is 1.50. The van der Waals surface area contributed by atoms with Gasteiger partial charge in [-0.05, 0) is 0 Å². The summed E-state index contributed by atoms with van der Waals surface area (Å²) in [6, 6.07) is 0.00738. The summed E-state index contributed by atoms with van der Waals surface area (Å²) in [5.41, 5.74) is -0.344. The summed E-state index contributed by atoms with van der Waals surface area (Å²) in [5, 5.41) is 1.35. The maximum atomic E-state index is 11.6. The van der Waals surface area contributed by atoms with E-state index in [2.05, 4.69) is 4.06 Å². The summed E-state index contributed by atoms with van der Waals surface area (Å²) in [5.74, 6) is -0.0576. The molecule has 1 atom stereocenters. The molecule has 1 saturated heterocycles. The molecule has 0 unspecified atom stereocenters. The fourth-order valence-electron chi connectivity index (χ4n) is 1.43. The quantitative estimate of drug-likeness (QED) is 0.554. The van der Waals surface area contributed by atoms with Gasteiger partial charge < -0.3 is 0 Å². The number of hydrogen-bond acceptors (Lipinski definition) is 3. The molecule has 1 fully saturated rings. The fraction of sp³-hybridized carbons (Fsp3) is 0.889. The third kappa shape index (κ3) is 4.19. The van der Waals surface area contributed by atoms with Gasteiger partial charge in [0.05, 0.1) is 0 Å². The van der Waals surface area contributed by atoms with E-state index in [1.807, 2.05) is 20.8 Å². The molecule has 1 aliphatic rings. The zero-order valence-electron chi connectivity index (χ0n) is 8.72. The minimum atomic E-state index is -0.578. The van der Waals surface area contributed by atoms with Gasteiger partial charge in [0.15, 0.2) is 0 Å². The molecule has 13 heavy (non-hydrogen) atoms. The molecule has 0 aromatic rings. The normalized spacial score (nSPS) is 22.8. The van der Waals surface area contributed by atoms with Crippen LogP contribution in [0.2, 0.25) is 5.02 Å². The van der Waals surface area contributed by atoms with E-state index in [0.717, 1.165) is 6.42 Å². The van der Waals surface area contributed by atoms with E-state index in [-0.39, 0.29) is 17.6 Å². The van der Waals surface area contributed by atoms with Crippen LogP contribution in [-0.2, 0) is 26.9 Å². The van der Waals surface area contributed by atoms with Crippen molar-refractivity contribution >= 4 is 5.97 Å². The molecule has 1 N–H and O–H groups in total. The number of hydrogen-bond donors (Lipinski definition) is 1. The molecule has 0 spiro atoms. The molecular formula is C9H17NO2Zn. The van der Waals surface area contributed by atoms with Crippen molar-refractivity contribution in [1.82, 2.24) is 4.06 Å². The van der Waals surface area contributed by atoms with E-state index in [1.165, 1.54) is 11.4 Å². The summed E-state index contributed by atoms with van der Waals surface area (Å²) < 4.78 is 8.66. The van der Waals surface area contributed by atoms with Crippen LogP contribution in [0.1, 0.15) is 33.6 Å². The summed E-state index contributed by atoms with van der Waals surface area (Å²) in [4.78, 5) is 11.6. The molecule has 0 amide bonds. The topological polar surface area (TPSA) is 38.3 Å². The van der Waals surface area contributed by atoms with Crippen LogP contribution < -0.4 is 4.06 Å². The van der Waals surface area contributed by atoms with Gasteiger partial charge in [0, 0.05) is 0 Å². The molecule has 4 heteroatoms. The number of carbonyl (C=O) groups is 1. The molecule has 1 heterocycles. The first kappa shape index (κ1) is 11.1.